The first-order chi connectivity index (χ1) is 8.42. The molecule has 1 aromatic rings. The molecule has 2 nitrogen and oxygen atoms in total. The fourth-order valence-corrected chi connectivity index (χ4v) is 3.54. The second kappa shape index (κ2) is 5.90. The van der Waals surface area contributed by atoms with Crippen molar-refractivity contribution in [2.24, 2.45) is 0 Å². The quantitative estimate of drug-likeness (QED) is 0.832. The molecule has 2 rings (SSSR count). The maximum atomic E-state index is 12.2. The van der Waals surface area contributed by atoms with E-state index in [4.69, 9.17) is 0 Å². The Morgan fingerprint density at radius 2 is 1.72 bits per heavy atom. The van der Waals surface area contributed by atoms with Gasteiger partial charge in [0.15, 0.2) is 0 Å². The average Bonchev–Trinajstić information content (AvgIpc) is 2.65. The van der Waals surface area contributed by atoms with Gasteiger partial charge in [-0.1, -0.05) is 0 Å². The zero-order valence-corrected chi connectivity index (χ0v) is 12.1. The van der Waals surface area contributed by atoms with Gasteiger partial charge in [0.25, 0.3) is 0 Å². The summed E-state index contributed by atoms with van der Waals surface area (Å²) in [5.74, 6) is 0. The summed E-state index contributed by atoms with van der Waals surface area (Å²) in [7, 11) is 0. The van der Waals surface area contributed by atoms with E-state index in [1.807, 2.05) is 6.07 Å². The van der Waals surface area contributed by atoms with E-state index in [2.05, 4.69) is 26.9 Å². The van der Waals surface area contributed by atoms with Crippen molar-refractivity contribution in [2.45, 2.75) is 12.7 Å². The van der Waals surface area contributed by atoms with E-state index in [1.165, 1.54) is 9.78 Å². The molecule has 0 amide bonds. The highest BCUT2D eigenvalue weighted by Gasteiger charge is 2.32. The van der Waals surface area contributed by atoms with Crippen molar-refractivity contribution >= 4 is 27.3 Å². The van der Waals surface area contributed by atoms with Crippen LogP contribution in [-0.4, -0.2) is 48.7 Å². The SMILES string of the molecule is FC(F)(F)CN1CCN(Cc2ccc(Br)s2)CC1. The molecule has 0 N–H and O–H groups in total. The Bertz CT molecular complexity index is 386. The molecule has 0 spiro atoms. The molecular weight excluding hydrogens is 329 g/mol. The Balaban J connectivity index is 1.77. The number of hydrogen-bond donors (Lipinski definition) is 0. The molecule has 1 saturated heterocycles. The molecule has 1 aliphatic heterocycles. The fourth-order valence-electron chi connectivity index (χ4n) is 2.02. The van der Waals surface area contributed by atoms with Gasteiger partial charge in [0.1, 0.15) is 0 Å². The second-order valence-corrected chi connectivity index (χ2v) is 6.92. The molecule has 0 saturated carbocycles. The molecule has 0 aromatic carbocycles. The van der Waals surface area contributed by atoms with E-state index in [-0.39, 0.29) is 0 Å². The molecule has 18 heavy (non-hydrogen) atoms. The van der Waals surface area contributed by atoms with Crippen molar-refractivity contribution in [2.75, 3.05) is 32.7 Å². The largest absolute Gasteiger partial charge is 0.401 e. The monoisotopic (exact) mass is 342 g/mol. The smallest absolute Gasteiger partial charge is 0.296 e. The Morgan fingerprint density at radius 1 is 1.11 bits per heavy atom. The normalized spacial score (nSPS) is 19.3. The van der Waals surface area contributed by atoms with Gasteiger partial charge in [-0.25, -0.2) is 0 Å². The minimum atomic E-state index is -4.08. The summed E-state index contributed by atoms with van der Waals surface area (Å²) in [5.41, 5.74) is 0. The predicted octanol–water partition coefficient (Wildman–Crippen LogP) is 3.19. The summed E-state index contributed by atoms with van der Waals surface area (Å²) in [4.78, 5) is 4.91. The van der Waals surface area contributed by atoms with Gasteiger partial charge in [-0.15, -0.1) is 11.3 Å². The van der Waals surface area contributed by atoms with Gasteiger partial charge in [-0.2, -0.15) is 13.2 Å². The lowest BCUT2D eigenvalue weighted by molar-refractivity contribution is -0.149. The van der Waals surface area contributed by atoms with Crippen LogP contribution in [0.15, 0.2) is 15.9 Å². The highest BCUT2D eigenvalue weighted by Crippen LogP contribution is 2.24. The molecule has 0 atom stereocenters. The number of alkyl halides is 3. The van der Waals surface area contributed by atoms with Crippen LogP contribution in [0.3, 0.4) is 0 Å². The van der Waals surface area contributed by atoms with Gasteiger partial charge >= 0.3 is 6.18 Å². The molecule has 2 heterocycles. The standard InChI is InChI=1S/C11H14BrF3N2S/c12-10-2-1-9(18-10)7-16-3-5-17(6-4-16)8-11(13,14)15/h1-2H,3-8H2. The number of rotatable bonds is 3. The first-order valence-corrected chi connectivity index (χ1v) is 7.29. The molecule has 102 valence electrons. The van der Waals surface area contributed by atoms with Crippen LogP contribution in [0.5, 0.6) is 0 Å². The van der Waals surface area contributed by atoms with Crippen LogP contribution in [0.2, 0.25) is 0 Å². The summed E-state index contributed by atoms with van der Waals surface area (Å²) >= 11 is 5.08. The molecule has 0 bridgehead atoms. The minimum absolute atomic E-state index is 0.492. The lowest BCUT2D eigenvalue weighted by Gasteiger charge is -2.34. The lowest BCUT2D eigenvalue weighted by atomic mass is 10.3. The Kier molecular flexibility index (Phi) is 4.69. The second-order valence-electron chi connectivity index (χ2n) is 4.37. The summed E-state index contributed by atoms with van der Waals surface area (Å²) in [6.45, 7) is 2.43. The molecule has 0 aliphatic carbocycles. The average molecular weight is 343 g/mol. The highest BCUT2D eigenvalue weighted by atomic mass is 79.9. The molecule has 7 heteroatoms. The van der Waals surface area contributed by atoms with E-state index in [1.54, 1.807) is 11.3 Å². The summed E-state index contributed by atoms with van der Waals surface area (Å²) in [6.07, 6.45) is -4.08. The Morgan fingerprint density at radius 3 is 2.22 bits per heavy atom. The maximum Gasteiger partial charge on any atom is 0.401 e. The van der Waals surface area contributed by atoms with Crippen LogP contribution in [0.4, 0.5) is 13.2 Å². The van der Waals surface area contributed by atoms with Crippen molar-refractivity contribution in [3.05, 3.63) is 20.8 Å². The lowest BCUT2D eigenvalue weighted by Crippen LogP contribution is -2.48. The number of thiophene rings is 1. The van der Waals surface area contributed by atoms with Crippen LogP contribution >= 0.6 is 27.3 Å². The Labute approximate surface area is 117 Å². The van der Waals surface area contributed by atoms with E-state index >= 15 is 0 Å². The van der Waals surface area contributed by atoms with Gasteiger partial charge < -0.3 is 0 Å². The number of piperazine rings is 1. The highest BCUT2D eigenvalue weighted by molar-refractivity contribution is 9.11. The first-order valence-electron chi connectivity index (χ1n) is 5.68. The third-order valence-corrected chi connectivity index (χ3v) is 4.48. The van der Waals surface area contributed by atoms with Gasteiger partial charge in [-0.05, 0) is 28.1 Å². The van der Waals surface area contributed by atoms with Gasteiger partial charge in [-0.3, -0.25) is 9.80 Å². The maximum absolute atomic E-state index is 12.2. The van der Waals surface area contributed by atoms with Crippen molar-refractivity contribution in [3.8, 4) is 0 Å². The zero-order valence-electron chi connectivity index (χ0n) is 9.71. The fraction of sp³-hybridized carbons (Fsp3) is 0.636. The third kappa shape index (κ3) is 4.53. The summed E-state index contributed by atoms with van der Waals surface area (Å²) in [6, 6.07) is 4.05. The van der Waals surface area contributed by atoms with E-state index in [9.17, 15) is 13.2 Å². The van der Waals surface area contributed by atoms with Gasteiger partial charge in [0.05, 0.1) is 10.3 Å². The topological polar surface area (TPSA) is 6.48 Å². The van der Waals surface area contributed by atoms with E-state index in [0.717, 1.165) is 10.3 Å². The van der Waals surface area contributed by atoms with Crippen LogP contribution in [0.1, 0.15) is 4.88 Å². The molecular formula is C11H14BrF3N2S. The van der Waals surface area contributed by atoms with Crippen molar-refractivity contribution in [3.63, 3.8) is 0 Å². The van der Waals surface area contributed by atoms with Gasteiger partial charge in [0.2, 0.25) is 0 Å². The number of hydrogen-bond acceptors (Lipinski definition) is 3. The molecule has 0 radical (unpaired) electrons. The zero-order chi connectivity index (χ0) is 13.2. The Hall–Kier alpha value is -0.110. The molecule has 0 unspecified atom stereocenters. The van der Waals surface area contributed by atoms with Crippen LogP contribution in [-0.2, 0) is 6.54 Å². The number of nitrogens with zero attached hydrogens (tertiary/aromatic N) is 2. The third-order valence-electron chi connectivity index (χ3n) is 2.88. The van der Waals surface area contributed by atoms with E-state index < -0.39 is 12.7 Å². The van der Waals surface area contributed by atoms with Crippen LogP contribution in [0.25, 0.3) is 0 Å². The van der Waals surface area contributed by atoms with Gasteiger partial charge in [0, 0.05) is 37.6 Å². The number of halogens is 4. The summed E-state index contributed by atoms with van der Waals surface area (Å²) < 4.78 is 37.8. The van der Waals surface area contributed by atoms with Crippen LogP contribution in [0, 0.1) is 0 Å². The van der Waals surface area contributed by atoms with E-state index in [0.29, 0.717) is 26.2 Å². The minimum Gasteiger partial charge on any atom is -0.296 e. The predicted molar refractivity (Wildman–Crippen MR) is 69.8 cm³/mol. The molecule has 1 aliphatic rings. The van der Waals surface area contributed by atoms with Crippen molar-refractivity contribution < 1.29 is 13.2 Å². The first kappa shape index (κ1) is 14.3. The van der Waals surface area contributed by atoms with Crippen molar-refractivity contribution in [1.82, 2.24) is 9.80 Å². The van der Waals surface area contributed by atoms with Crippen LogP contribution < -0.4 is 0 Å². The van der Waals surface area contributed by atoms with Crippen molar-refractivity contribution in [1.29, 1.82) is 0 Å². The summed E-state index contributed by atoms with van der Waals surface area (Å²) in [5, 5.41) is 0. The molecule has 1 fully saturated rings. The molecule has 1 aromatic heterocycles.